The largest absolute Gasteiger partial charge is 0.497 e. The molecule has 0 bridgehead atoms. The van der Waals surface area contributed by atoms with Crippen molar-refractivity contribution >= 4 is 17.3 Å². The van der Waals surface area contributed by atoms with Crippen molar-refractivity contribution in [1.82, 2.24) is 0 Å². The quantitative estimate of drug-likeness (QED) is 0.540. The third kappa shape index (κ3) is 4.31. The van der Waals surface area contributed by atoms with Crippen LogP contribution in [0.4, 0.5) is 4.39 Å². The Morgan fingerprint density at radius 3 is 2.45 bits per heavy atom. The second-order valence-corrected chi connectivity index (χ2v) is 6.73. The van der Waals surface area contributed by atoms with E-state index in [1.54, 1.807) is 51.5 Å². The lowest BCUT2D eigenvalue weighted by Crippen LogP contribution is -2.34. The number of methoxy groups -OCH3 is 2. The molecule has 1 aliphatic rings. The molecule has 29 heavy (non-hydrogen) atoms. The minimum Gasteiger partial charge on any atom is -0.497 e. The first-order chi connectivity index (χ1) is 14.0. The van der Waals surface area contributed by atoms with Crippen LogP contribution in [0.15, 0.2) is 48.5 Å². The van der Waals surface area contributed by atoms with Gasteiger partial charge in [0.1, 0.15) is 23.2 Å². The summed E-state index contributed by atoms with van der Waals surface area (Å²) < 4.78 is 29.3. The lowest BCUT2D eigenvalue weighted by Gasteiger charge is -2.30. The van der Waals surface area contributed by atoms with Gasteiger partial charge in [0.25, 0.3) is 0 Å². The number of carbonyl (C=O) groups excluding carboxylic acids is 2. The highest BCUT2D eigenvalue weighted by Gasteiger charge is 2.40. The minimum atomic E-state index is -0.972. The van der Waals surface area contributed by atoms with Crippen LogP contribution in [0.25, 0.3) is 5.57 Å². The van der Waals surface area contributed by atoms with E-state index in [1.165, 1.54) is 18.2 Å². The summed E-state index contributed by atoms with van der Waals surface area (Å²) in [7, 11) is 3.11. The van der Waals surface area contributed by atoms with E-state index in [0.29, 0.717) is 23.5 Å². The molecule has 2 atom stereocenters. The van der Waals surface area contributed by atoms with Crippen LogP contribution in [0.5, 0.6) is 11.5 Å². The zero-order valence-electron chi connectivity index (χ0n) is 16.6. The highest BCUT2D eigenvalue weighted by molar-refractivity contribution is 6.11. The van der Waals surface area contributed by atoms with Crippen LogP contribution in [-0.4, -0.2) is 32.6 Å². The third-order valence-electron chi connectivity index (χ3n) is 5.06. The summed E-state index contributed by atoms with van der Waals surface area (Å²) in [6, 6.07) is 11.2. The first-order valence-corrected chi connectivity index (χ1v) is 9.37. The van der Waals surface area contributed by atoms with Crippen LogP contribution in [0, 0.1) is 11.7 Å². The van der Waals surface area contributed by atoms with Crippen LogP contribution in [-0.2, 0) is 14.3 Å². The number of halogens is 1. The van der Waals surface area contributed by atoms with Crippen molar-refractivity contribution < 1.29 is 28.2 Å². The molecular weight excluding hydrogens is 375 g/mol. The molecule has 6 heteroatoms. The second kappa shape index (κ2) is 8.90. The molecule has 0 amide bonds. The molecule has 0 N–H and O–H groups in total. The van der Waals surface area contributed by atoms with Gasteiger partial charge < -0.3 is 14.2 Å². The van der Waals surface area contributed by atoms with Crippen LogP contribution < -0.4 is 9.47 Å². The Bertz CT molecular complexity index is 933. The Kier molecular flexibility index (Phi) is 6.32. The smallest absolute Gasteiger partial charge is 0.317 e. The number of esters is 1. The van der Waals surface area contributed by atoms with Gasteiger partial charge in [0.2, 0.25) is 0 Å². The molecule has 2 aromatic rings. The Morgan fingerprint density at radius 1 is 1.10 bits per heavy atom. The Hall–Kier alpha value is -3.15. The van der Waals surface area contributed by atoms with Gasteiger partial charge in [-0.15, -0.1) is 0 Å². The molecule has 0 heterocycles. The first-order valence-electron chi connectivity index (χ1n) is 9.37. The van der Waals surface area contributed by atoms with Gasteiger partial charge in [-0.25, -0.2) is 4.39 Å². The number of ketones is 1. The van der Waals surface area contributed by atoms with Crippen molar-refractivity contribution in [2.45, 2.75) is 19.3 Å². The maximum atomic E-state index is 13.4. The normalized spacial score (nSPS) is 18.8. The van der Waals surface area contributed by atoms with Gasteiger partial charge in [-0.2, -0.15) is 0 Å². The van der Waals surface area contributed by atoms with E-state index in [-0.39, 0.29) is 18.2 Å². The monoisotopic (exact) mass is 398 g/mol. The van der Waals surface area contributed by atoms with Gasteiger partial charge in [0.15, 0.2) is 5.78 Å². The summed E-state index contributed by atoms with van der Waals surface area (Å²) in [4.78, 5) is 25.5. The molecule has 0 spiro atoms. The molecule has 0 saturated heterocycles. The molecule has 0 fully saturated rings. The zero-order valence-corrected chi connectivity index (χ0v) is 16.6. The third-order valence-corrected chi connectivity index (χ3v) is 5.06. The number of benzene rings is 2. The molecule has 1 aliphatic carbocycles. The van der Waals surface area contributed by atoms with Gasteiger partial charge >= 0.3 is 5.97 Å². The molecule has 0 aliphatic heterocycles. The van der Waals surface area contributed by atoms with E-state index in [0.717, 1.165) is 11.1 Å². The molecule has 0 aromatic heterocycles. The van der Waals surface area contributed by atoms with Gasteiger partial charge in [-0.1, -0.05) is 12.1 Å². The fraction of sp³-hybridized carbons (Fsp3) is 0.304. The molecule has 2 aromatic carbocycles. The Labute approximate surface area is 169 Å². The zero-order chi connectivity index (χ0) is 21.0. The van der Waals surface area contributed by atoms with Crippen molar-refractivity contribution in [2.75, 3.05) is 20.8 Å². The first kappa shape index (κ1) is 20.6. The maximum Gasteiger partial charge on any atom is 0.317 e. The number of rotatable bonds is 6. The van der Waals surface area contributed by atoms with Crippen molar-refractivity contribution in [3.8, 4) is 11.5 Å². The lowest BCUT2D eigenvalue weighted by atomic mass is 9.73. The maximum absolute atomic E-state index is 13.4. The molecule has 152 valence electrons. The van der Waals surface area contributed by atoms with Crippen molar-refractivity contribution in [3.63, 3.8) is 0 Å². The summed E-state index contributed by atoms with van der Waals surface area (Å²) in [5, 5.41) is 0. The number of carbonyl (C=O) groups is 2. The molecule has 3 rings (SSSR count). The number of hydrogen-bond acceptors (Lipinski definition) is 5. The summed E-state index contributed by atoms with van der Waals surface area (Å²) >= 11 is 0. The van der Waals surface area contributed by atoms with E-state index in [1.807, 2.05) is 0 Å². The van der Waals surface area contributed by atoms with Crippen LogP contribution in [0.2, 0.25) is 0 Å². The highest BCUT2D eigenvalue weighted by Crippen LogP contribution is 2.43. The predicted octanol–water partition coefficient (Wildman–Crippen LogP) is 4.16. The highest BCUT2D eigenvalue weighted by atomic mass is 19.1. The predicted molar refractivity (Wildman–Crippen MR) is 106 cm³/mol. The number of hydrogen-bond donors (Lipinski definition) is 0. The molecule has 0 unspecified atom stereocenters. The summed E-state index contributed by atoms with van der Waals surface area (Å²) in [5.41, 5.74) is 2.14. The van der Waals surface area contributed by atoms with Gasteiger partial charge in [-0.05, 0) is 60.9 Å². The fourth-order valence-electron chi connectivity index (χ4n) is 3.66. The van der Waals surface area contributed by atoms with Gasteiger partial charge in [-0.3, -0.25) is 9.59 Å². The molecule has 0 radical (unpaired) electrons. The Morgan fingerprint density at radius 2 is 1.83 bits per heavy atom. The summed E-state index contributed by atoms with van der Waals surface area (Å²) in [6.45, 7) is 1.87. The average molecular weight is 398 g/mol. The fourth-order valence-corrected chi connectivity index (χ4v) is 3.66. The van der Waals surface area contributed by atoms with E-state index in [4.69, 9.17) is 14.2 Å². The summed E-state index contributed by atoms with van der Waals surface area (Å²) in [5.74, 6) is -1.52. The standard InChI is InChI=1S/C23H23FO5/c1-4-29-23(26)22-19(14-5-7-16(24)8-6-14)11-15(12-20(22)25)18-13-17(27-2)9-10-21(18)28-3/h5-10,12-13,19,22H,4,11H2,1-3H3/t19-,22+/m0/s1. The van der Waals surface area contributed by atoms with Gasteiger partial charge in [0, 0.05) is 11.5 Å². The van der Waals surface area contributed by atoms with Crippen LogP contribution >= 0.6 is 0 Å². The van der Waals surface area contributed by atoms with Gasteiger partial charge in [0.05, 0.1) is 20.8 Å². The average Bonchev–Trinajstić information content (AvgIpc) is 2.73. The minimum absolute atomic E-state index is 0.180. The van der Waals surface area contributed by atoms with Crippen LogP contribution in [0.3, 0.4) is 0 Å². The number of allylic oxidation sites excluding steroid dienone is 2. The lowest BCUT2D eigenvalue weighted by molar-refractivity contribution is -0.151. The Balaban J connectivity index is 2.08. The van der Waals surface area contributed by atoms with Crippen molar-refractivity contribution in [2.24, 2.45) is 5.92 Å². The number of ether oxygens (including phenoxy) is 3. The molecular formula is C23H23FO5. The van der Waals surface area contributed by atoms with E-state index in [2.05, 4.69) is 0 Å². The SMILES string of the molecule is CCOC(=O)[C@H]1C(=O)C=C(c2cc(OC)ccc2OC)C[C@H]1c1ccc(F)cc1. The van der Waals surface area contributed by atoms with Crippen molar-refractivity contribution in [1.29, 1.82) is 0 Å². The molecule has 0 saturated carbocycles. The van der Waals surface area contributed by atoms with E-state index in [9.17, 15) is 14.0 Å². The van der Waals surface area contributed by atoms with E-state index < -0.39 is 17.8 Å². The summed E-state index contributed by atoms with van der Waals surface area (Å²) in [6.07, 6.45) is 1.86. The van der Waals surface area contributed by atoms with Crippen LogP contribution in [0.1, 0.15) is 30.4 Å². The van der Waals surface area contributed by atoms with E-state index >= 15 is 0 Å². The van der Waals surface area contributed by atoms with Crippen molar-refractivity contribution in [3.05, 3.63) is 65.5 Å². The second-order valence-electron chi connectivity index (χ2n) is 6.73. The molecule has 5 nitrogen and oxygen atoms in total. The topological polar surface area (TPSA) is 61.8 Å².